The molecule has 2 aromatic heterocycles. The minimum Gasteiger partial charge on any atom is -0.385 e. The third-order valence-electron chi connectivity index (χ3n) is 4.08. The van der Waals surface area contributed by atoms with E-state index in [1.165, 1.54) is 0 Å². The third-order valence-corrected chi connectivity index (χ3v) is 4.08. The number of methoxy groups -OCH3 is 1. The van der Waals surface area contributed by atoms with Crippen molar-refractivity contribution in [2.45, 2.75) is 24.7 Å². The number of rotatable bonds is 5. The topological polar surface area (TPSA) is 73.1 Å². The van der Waals surface area contributed by atoms with Gasteiger partial charge in [-0.25, -0.2) is 0 Å². The van der Waals surface area contributed by atoms with Gasteiger partial charge in [-0.2, -0.15) is 4.98 Å². The van der Waals surface area contributed by atoms with E-state index in [2.05, 4.69) is 20.4 Å². The first kappa shape index (κ1) is 14.2. The minimum absolute atomic E-state index is 0.0942. The maximum atomic E-state index is 5.45. The van der Waals surface area contributed by atoms with Crippen molar-refractivity contribution in [3.05, 3.63) is 30.4 Å². The lowest BCUT2D eigenvalue weighted by atomic mass is 9.77. The first-order chi connectivity index (χ1) is 10.3. The molecule has 1 N–H and O–H groups in total. The molecule has 0 aliphatic carbocycles. The van der Waals surface area contributed by atoms with Crippen LogP contribution < -0.4 is 5.32 Å². The van der Waals surface area contributed by atoms with Crippen molar-refractivity contribution in [1.29, 1.82) is 0 Å². The summed E-state index contributed by atoms with van der Waals surface area (Å²) in [6.45, 7) is 2.61. The van der Waals surface area contributed by atoms with Crippen molar-refractivity contribution in [2.24, 2.45) is 0 Å². The number of nitrogens with zero attached hydrogens (tertiary/aromatic N) is 3. The quantitative estimate of drug-likeness (QED) is 0.904. The number of hydrogen-bond donors (Lipinski definition) is 1. The van der Waals surface area contributed by atoms with Crippen molar-refractivity contribution < 1.29 is 9.26 Å². The molecular weight excluding hydrogens is 268 g/mol. The van der Waals surface area contributed by atoms with E-state index in [-0.39, 0.29) is 5.41 Å². The standard InChI is InChI=1S/C15H20N4O2/c1-20-10-6-15(5-2-7-17-11-15)14-18-13(21-19-14)12-3-8-16-9-4-12/h3-4,8-9,17H,2,5-7,10-11H2,1H3/t15-/m1/s1. The second-order valence-electron chi connectivity index (χ2n) is 5.46. The lowest BCUT2D eigenvalue weighted by Crippen LogP contribution is -2.44. The van der Waals surface area contributed by atoms with Gasteiger partial charge in [-0.05, 0) is 37.9 Å². The fourth-order valence-electron chi connectivity index (χ4n) is 2.83. The summed E-state index contributed by atoms with van der Waals surface area (Å²) in [6, 6.07) is 3.75. The first-order valence-electron chi connectivity index (χ1n) is 7.28. The molecule has 1 saturated heterocycles. The van der Waals surface area contributed by atoms with E-state index < -0.39 is 0 Å². The Morgan fingerprint density at radius 2 is 2.24 bits per heavy atom. The Kier molecular flexibility index (Phi) is 4.26. The van der Waals surface area contributed by atoms with Crippen molar-refractivity contribution in [3.8, 4) is 11.5 Å². The molecule has 0 bridgehead atoms. The second kappa shape index (κ2) is 6.32. The van der Waals surface area contributed by atoms with Crippen molar-refractivity contribution in [2.75, 3.05) is 26.8 Å². The Bertz CT molecular complexity index is 564. The van der Waals surface area contributed by atoms with Crippen LogP contribution in [0, 0.1) is 0 Å². The van der Waals surface area contributed by atoms with Crippen LogP contribution in [0.2, 0.25) is 0 Å². The van der Waals surface area contributed by atoms with Crippen LogP contribution in [0.1, 0.15) is 25.1 Å². The number of ether oxygens (including phenoxy) is 1. The molecule has 112 valence electrons. The lowest BCUT2D eigenvalue weighted by molar-refractivity contribution is 0.148. The summed E-state index contributed by atoms with van der Waals surface area (Å²) >= 11 is 0. The largest absolute Gasteiger partial charge is 0.385 e. The zero-order chi connectivity index (χ0) is 14.5. The van der Waals surface area contributed by atoms with E-state index in [0.717, 1.165) is 43.7 Å². The van der Waals surface area contributed by atoms with Gasteiger partial charge in [0.1, 0.15) is 0 Å². The predicted molar refractivity (Wildman–Crippen MR) is 77.8 cm³/mol. The molecule has 0 aromatic carbocycles. The van der Waals surface area contributed by atoms with Crippen molar-refractivity contribution >= 4 is 0 Å². The van der Waals surface area contributed by atoms with Crippen LogP contribution in [-0.4, -0.2) is 41.9 Å². The van der Waals surface area contributed by atoms with Gasteiger partial charge in [0.05, 0.1) is 0 Å². The van der Waals surface area contributed by atoms with Crippen LogP contribution in [0.25, 0.3) is 11.5 Å². The Hall–Kier alpha value is -1.79. The molecule has 6 nitrogen and oxygen atoms in total. The Balaban J connectivity index is 1.88. The van der Waals surface area contributed by atoms with Crippen LogP contribution in [0.4, 0.5) is 0 Å². The highest BCUT2D eigenvalue weighted by atomic mass is 16.5. The SMILES string of the molecule is COCC[C@]1(c2noc(-c3ccncc3)n2)CCCNC1. The van der Waals surface area contributed by atoms with E-state index in [0.29, 0.717) is 12.5 Å². The smallest absolute Gasteiger partial charge is 0.258 e. The molecule has 3 rings (SSSR count). The van der Waals surface area contributed by atoms with E-state index in [1.807, 2.05) is 12.1 Å². The van der Waals surface area contributed by atoms with Crippen LogP contribution in [0.15, 0.2) is 29.0 Å². The zero-order valence-electron chi connectivity index (χ0n) is 12.2. The van der Waals surface area contributed by atoms with E-state index in [4.69, 9.17) is 9.26 Å². The van der Waals surface area contributed by atoms with E-state index in [1.54, 1.807) is 19.5 Å². The summed E-state index contributed by atoms with van der Waals surface area (Å²) in [7, 11) is 1.72. The number of piperidine rings is 1. The molecule has 21 heavy (non-hydrogen) atoms. The predicted octanol–water partition coefficient (Wildman–Crippen LogP) is 1.79. The molecular formula is C15H20N4O2. The van der Waals surface area contributed by atoms with Gasteiger partial charge in [0.25, 0.3) is 5.89 Å². The molecule has 6 heteroatoms. The average molecular weight is 288 g/mol. The molecule has 2 aromatic rings. The average Bonchev–Trinajstić information content (AvgIpc) is 3.05. The van der Waals surface area contributed by atoms with Gasteiger partial charge < -0.3 is 14.6 Å². The van der Waals surface area contributed by atoms with Gasteiger partial charge in [0.2, 0.25) is 0 Å². The summed E-state index contributed by atoms with van der Waals surface area (Å²) < 4.78 is 10.7. The minimum atomic E-state index is -0.0942. The summed E-state index contributed by atoms with van der Waals surface area (Å²) in [5, 5.41) is 7.68. The maximum Gasteiger partial charge on any atom is 0.258 e. The highest BCUT2D eigenvalue weighted by Crippen LogP contribution is 2.34. The van der Waals surface area contributed by atoms with Crippen LogP contribution in [0.5, 0.6) is 0 Å². The molecule has 3 heterocycles. The molecule has 1 fully saturated rings. The molecule has 1 aliphatic rings. The van der Waals surface area contributed by atoms with E-state index in [9.17, 15) is 0 Å². The van der Waals surface area contributed by atoms with Crippen LogP contribution in [-0.2, 0) is 10.2 Å². The van der Waals surface area contributed by atoms with Crippen LogP contribution in [0.3, 0.4) is 0 Å². The molecule has 0 radical (unpaired) electrons. The van der Waals surface area contributed by atoms with Gasteiger partial charge in [0.15, 0.2) is 5.82 Å². The van der Waals surface area contributed by atoms with Gasteiger partial charge in [-0.15, -0.1) is 0 Å². The highest BCUT2D eigenvalue weighted by Gasteiger charge is 2.38. The number of hydrogen-bond acceptors (Lipinski definition) is 6. The zero-order valence-corrected chi connectivity index (χ0v) is 12.2. The molecule has 0 amide bonds. The normalized spacial score (nSPS) is 22.3. The van der Waals surface area contributed by atoms with Gasteiger partial charge in [-0.1, -0.05) is 5.16 Å². The Labute approximate surface area is 123 Å². The van der Waals surface area contributed by atoms with Crippen molar-refractivity contribution in [1.82, 2.24) is 20.4 Å². The summed E-state index contributed by atoms with van der Waals surface area (Å²) in [5.41, 5.74) is 0.803. The summed E-state index contributed by atoms with van der Waals surface area (Å²) in [4.78, 5) is 8.63. The molecule has 0 unspecified atom stereocenters. The third kappa shape index (κ3) is 2.96. The van der Waals surface area contributed by atoms with Gasteiger partial charge in [-0.3, -0.25) is 4.98 Å². The monoisotopic (exact) mass is 288 g/mol. The van der Waals surface area contributed by atoms with Crippen molar-refractivity contribution in [3.63, 3.8) is 0 Å². The lowest BCUT2D eigenvalue weighted by Gasteiger charge is -2.34. The Morgan fingerprint density at radius 3 is 2.95 bits per heavy atom. The van der Waals surface area contributed by atoms with Crippen LogP contribution >= 0.6 is 0 Å². The van der Waals surface area contributed by atoms with Gasteiger partial charge in [0, 0.05) is 43.6 Å². The number of pyridine rings is 1. The molecule has 0 saturated carbocycles. The second-order valence-corrected chi connectivity index (χ2v) is 5.46. The fraction of sp³-hybridized carbons (Fsp3) is 0.533. The Morgan fingerprint density at radius 1 is 1.38 bits per heavy atom. The van der Waals surface area contributed by atoms with Gasteiger partial charge >= 0.3 is 0 Å². The molecule has 1 aliphatic heterocycles. The summed E-state index contributed by atoms with van der Waals surface area (Å²) in [6.07, 6.45) is 6.51. The number of aromatic nitrogens is 3. The highest BCUT2D eigenvalue weighted by molar-refractivity contribution is 5.51. The van der Waals surface area contributed by atoms with E-state index >= 15 is 0 Å². The fourth-order valence-corrected chi connectivity index (χ4v) is 2.83. The molecule has 1 atom stereocenters. The summed E-state index contributed by atoms with van der Waals surface area (Å²) in [5.74, 6) is 1.33. The maximum absolute atomic E-state index is 5.45. The first-order valence-corrected chi connectivity index (χ1v) is 7.28. The molecule has 0 spiro atoms. The number of nitrogens with one attached hydrogen (secondary N) is 1.